The van der Waals surface area contributed by atoms with E-state index in [1.165, 1.54) is 27.5 Å². The first-order valence-electron chi connectivity index (χ1n) is 8.82. The lowest BCUT2D eigenvalue weighted by molar-refractivity contribution is -0.192. The molecule has 0 aliphatic carbocycles. The number of amides is 1. The fourth-order valence-electron chi connectivity index (χ4n) is 2.21. The quantitative estimate of drug-likeness (QED) is 0.534. The number of sulfonamides is 1. The summed E-state index contributed by atoms with van der Waals surface area (Å²) in [5, 5.41) is 7.12. The van der Waals surface area contributed by atoms with E-state index in [2.05, 4.69) is 4.98 Å². The van der Waals surface area contributed by atoms with Gasteiger partial charge in [0.25, 0.3) is 0 Å². The van der Waals surface area contributed by atoms with Gasteiger partial charge in [0.2, 0.25) is 21.8 Å². The van der Waals surface area contributed by atoms with E-state index in [0.29, 0.717) is 6.33 Å². The Bertz CT molecular complexity index is 929. The van der Waals surface area contributed by atoms with Gasteiger partial charge in [0, 0.05) is 45.4 Å². The number of alkyl halides is 3. The molecule has 0 bridgehead atoms. The molecule has 2 heterocycles. The lowest BCUT2D eigenvalue weighted by Gasteiger charge is -2.38. The maximum Gasteiger partial charge on any atom is 0.490 e. The number of aliphatic carboxylic acids is 1. The SMILES string of the molecule is CN(C)C(=O)C1CN(S(=O)(=O)c2ccc(OC/C(=C/F)CN)nc2)C1.O=C(O)C(F)(F)F. The summed E-state index contributed by atoms with van der Waals surface area (Å²) in [6, 6.07) is 2.75. The number of rotatable bonds is 7. The second-order valence-electron chi connectivity index (χ2n) is 6.65. The number of carboxylic acid groups (broad SMARTS) is 1. The molecule has 1 fully saturated rings. The number of halogens is 4. The zero-order valence-corrected chi connectivity index (χ0v) is 17.9. The number of nitrogens with two attached hydrogens (primary N) is 1. The Kier molecular flexibility index (Phi) is 9.53. The fraction of sp³-hybridized carbons (Fsp3) is 0.471. The second kappa shape index (κ2) is 11.2. The molecule has 1 saturated heterocycles. The molecular weight excluding hydrogens is 464 g/mol. The molecule has 3 N–H and O–H groups in total. The minimum atomic E-state index is -5.08. The number of nitrogens with zero attached hydrogens (tertiary/aromatic N) is 3. The average Bonchev–Trinajstić information content (AvgIpc) is 2.67. The molecular formula is C17H22F4N4O6S. The summed E-state index contributed by atoms with van der Waals surface area (Å²) in [5.41, 5.74) is 5.57. The van der Waals surface area contributed by atoms with Crippen molar-refractivity contribution in [2.24, 2.45) is 11.7 Å². The van der Waals surface area contributed by atoms with Crippen molar-refractivity contribution in [3.05, 3.63) is 30.2 Å². The van der Waals surface area contributed by atoms with E-state index in [-0.39, 0.29) is 54.4 Å². The zero-order valence-electron chi connectivity index (χ0n) is 17.0. The van der Waals surface area contributed by atoms with E-state index < -0.39 is 22.2 Å². The summed E-state index contributed by atoms with van der Waals surface area (Å²) >= 11 is 0. The van der Waals surface area contributed by atoms with Crippen molar-refractivity contribution < 1.29 is 45.4 Å². The summed E-state index contributed by atoms with van der Waals surface area (Å²) < 4.78 is 75.5. The maximum absolute atomic E-state index is 12.5. The van der Waals surface area contributed by atoms with Gasteiger partial charge in [0.1, 0.15) is 11.5 Å². The van der Waals surface area contributed by atoms with Gasteiger partial charge in [0.15, 0.2) is 0 Å². The van der Waals surface area contributed by atoms with Crippen LogP contribution in [0.1, 0.15) is 0 Å². The van der Waals surface area contributed by atoms with Crippen LogP contribution in [0, 0.1) is 5.92 Å². The molecule has 1 amide bonds. The van der Waals surface area contributed by atoms with E-state index in [0.717, 1.165) is 0 Å². The smallest absolute Gasteiger partial charge is 0.475 e. The van der Waals surface area contributed by atoms with Gasteiger partial charge >= 0.3 is 12.1 Å². The summed E-state index contributed by atoms with van der Waals surface area (Å²) in [7, 11) is -0.428. The monoisotopic (exact) mass is 486 g/mol. The highest BCUT2D eigenvalue weighted by Gasteiger charge is 2.41. The van der Waals surface area contributed by atoms with Crippen LogP contribution >= 0.6 is 0 Å². The van der Waals surface area contributed by atoms with Gasteiger partial charge in [-0.05, 0) is 6.07 Å². The Balaban J connectivity index is 0.000000633. The highest BCUT2D eigenvalue weighted by molar-refractivity contribution is 7.89. The van der Waals surface area contributed by atoms with Gasteiger partial charge in [-0.3, -0.25) is 4.79 Å². The van der Waals surface area contributed by atoms with Crippen molar-refractivity contribution in [1.82, 2.24) is 14.2 Å². The highest BCUT2D eigenvalue weighted by Crippen LogP contribution is 2.26. The van der Waals surface area contributed by atoms with E-state index in [1.54, 1.807) is 14.1 Å². The van der Waals surface area contributed by atoms with Crippen LogP contribution in [0.4, 0.5) is 17.6 Å². The lowest BCUT2D eigenvalue weighted by atomic mass is 10.0. The van der Waals surface area contributed by atoms with Gasteiger partial charge < -0.3 is 20.5 Å². The van der Waals surface area contributed by atoms with Crippen molar-refractivity contribution in [3.63, 3.8) is 0 Å². The first-order valence-corrected chi connectivity index (χ1v) is 10.3. The minimum absolute atomic E-state index is 0.00989. The highest BCUT2D eigenvalue weighted by atomic mass is 32.2. The largest absolute Gasteiger partial charge is 0.490 e. The molecule has 0 radical (unpaired) electrons. The molecule has 0 saturated carbocycles. The van der Waals surface area contributed by atoms with Crippen molar-refractivity contribution >= 4 is 21.9 Å². The molecule has 2 rings (SSSR count). The first-order chi connectivity index (χ1) is 14.7. The van der Waals surface area contributed by atoms with Crippen LogP contribution in [0.25, 0.3) is 0 Å². The third kappa shape index (κ3) is 7.42. The van der Waals surface area contributed by atoms with E-state index >= 15 is 0 Å². The van der Waals surface area contributed by atoms with Crippen LogP contribution in [0.5, 0.6) is 5.88 Å². The molecule has 0 unspecified atom stereocenters. The Hall–Kier alpha value is -2.78. The predicted octanol–water partition coefficient (Wildman–Crippen LogP) is 0.615. The van der Waals surface area contributed by atoms with Crippen molar-refractivity contribution in [2.75, 3.05) is 40.3 Å². The summed E-state index contributed by atoms with van der Waals surface area (Å²) in [6.07, 6.45) is -3.54. The van der Waals surface area contributed by atoms with Crippen LogP contribution in [-0.4, -0.2) is 86.1 Å². The van der Waals surface area contributed by atoms with Gasteiger partial charge in [-0.1, -0.05) is 0 Å². The van der Waals surface area contributed by atoms with Crippen molar-refractivity contribution in [2.45, 2.75) is 11.1 Å². The Labute approximate surface area is 181 Å². The molecule has 0 atom stereocenters. The molecule has 10 nitrogen and oxygen atoms in total. The second-order valence-corrected chi connectivity index (χ2v) is 8.58. The van der Waals surface area contributed by atoms with Gasteiger partial charge in [-0.15, -0.1) is 0 Å². The number of ether oxygens (including phenoxy) is 1. The topological polar surface area (TPSA) is 143 Å². The van der Waals surface area contributed by atoms with Crippen LogP contribution in [0.15, 0.2) is 35.1 Å². The van der Waals surface area contributed by atoms with E-state index in [9.17, 15) is 30.8 Å². The predicted molar refractivity (Wildman–Crippen MR) is 103 cm³/mol. The number of pyridine rings is 1. The molecule has 1 aliphatic rings. The molecule has 1 aliphatic heterocycles. The molecule has 15 heteroatoms. The number of carboxylic acids is 1. The van der Waals surface area contributed by atoms with Gasteiger partial charge in [-0.2, -0.15) is 17.5 Å². The molecule has 32 heavy (non-hydrogen) atoms. The molecule has 1 aromatic rings. The van der Waals surface area contributed by atoms with E-state index in [1.807, 2.05) is 0 Å². The van der Waals surface area contributed by atoms with Crippen LogP contribution in [0.2, 0.25) is 0 Å². The average molecular weight is 486 g/mol. The number of carbonyl (C=O) groups excluding carboxylic acids is 1. The third-order valence-electron chi connectivity index (χ3n) is 4.05. The summed E-state index contributed by atoms with van der Waals surface area (Å²) in [6.45, 7) is 0.259. The standard InChI is InChI=1S/C15H21FN4O4S.C2HF3O2/c1-19(2)15(21)12-8-20(9-12)25(22,23)13-3-4-14(18-7-13)24-10-11(5-16)6-17;3-2(4,5)1(6)7/h3-5,7,12H,6,8-10,17H2,1-2H3;(H,6,7)/b11-5+;. The van der Waals surface area contributed by atoms with Crippen molar-refractivity contribution in [1.29, 1.82) is 0 Å². The third-order valence-corrected chi connectivity index (χ3v) is 5.86. The zero-order chi connectivity index (χ0) is 24.7. The molecule has 0 spiro atoms. The number of aromatic nitrogens is 1. The summed E-state index contributed by atoms with van der Waals surface area (Å²) in [5.74, 6) is -3.00. The summed E-state index contributed by atoms with van der Waals surface area (Å²) in [4.78, 5) is 26.1. The fourth-order valence-corrected chi connectivity index (χ4v) is 3.69. The Morgan fingerprint density at radius 2 is 1.91 bits per heavy atom. The molecule has 180 valence electrons. The Morgan fingerprint density at radius 1 is 1.34 bits per heavy atom. The van der Waals surface area contributed by atoms with Gasteiger partial charge in [-0.25, -0.2) is 22.6 Å². The van der Waals surface area contributed by atoms with Crippen LogP contribution < -0.4 is 10.5 Å². The van der Waals surface area contributed by atoms with Gasteiger partial charge in [0.05, 0.1) is 18.4 Å². The lowest BCUT2D eigenvalue weighted by Crippen LogP contribution is -2.55. The normalized spacial score (nSPS) is 15.3. The van der Waals surface area contributed by atoms with Crippen LogP contribution in [-0.2, 0) is 19.6 Å². The minimum Gasteiger partial charge on any atom is -0.475 e. The number of hydrogen-bond donors (Lipinski definition) is 2. The van der Waals surface area contributed by atoms with Crippen LogP contribution in [0.3, 0.4) is 0 Å². The molecule has 0 aromatic carbocycles. The maximum atomic E-state index is 12.5. The van der Waals surface area contributed by atoms with E-state index in [4.69, 9.17) is 20.4 Å². The Morgan fingerprint density at radius 3 is 2.28 bits per heavy atom. The molecule has 1 aromatic heterocycles. The first kappa shape index (κ1) is 27.3. The number of carbonyl (C=O) groups is 2. The van der Waals surface area contributed by atoms with Crippen molar-refractivity contribution in [3.8, 4) is 5.88 Å². The number of hydrogen-bond acceptors (Lipinski definition) is 7.